The van der Waals surface area contributed by atoms with Crippen LogP contribution in [0.1, 0.15) is 11.1 Å². The van der Waals surface area contributed by atoms with Gasteiger partial charge in [-0.1, -0.05) is 30.3 Å². The van der Waals surface area contributed by atoms with Gasteiger partial charge in [-0.2, -0.15) is 0 Å². The minimum Gasteiger partial charge on any atom is -0.325 e. The number of carbonyl (C=O) groups excluding carboxylic acids is 3. The van der Waals surface area contributed by atoms with Crippen LogP contribution in [0.3, 0.4) is 0 Å². The molecule has 0 atom stereocenters. The number of nitrogens with one attached hydrogen (secondary N) is 1. The van der Waals surface area contributed by atoms with Crippen molar-refractivity contribution in [3.8, 4) is 0 Å². The van der Waals surface area contributed by atoms with E-state index in [2.05, 4.69) is 27.9 Å². The first-order chi connectivity index (χ1) is 12.4. The summed E-state index contributed by atoms with van der Waals surface area (Å²) in [6.45, 7) is 1.61. The molecule has 0 spiro atoms. The molecule has 0 saturated carbocycles. The molecule has 7 heteroatoms. The summed E-state index contributed by atoms with van der Waals surface area (Å²) >= 11 is 3.02. The van der Waals surface area contributed by atoms with E-state index in [-0.39, 0.29) is 6.54 Å². The van der Waals surface area contributed by atoms with Crippen molar-refractivity contribution in [2.45, 2.75) is 6.92 Å². The average Bonchev–Trinajstić information content (AvgIpc) is 2.84. The number of aryl methyl sites for hydroxylation is 1. The summed E-state index contributed by atoms with van der Waals surface area (Å²) in [7, 11) is 0. The van der Waals surface area contributed by atoms with E-state index < -0.39 is 17.1 Å². The Morgan fingerprint density at radius 2 is 1.96 bits per heavy atom. The fourth-order valence-corrected chi connectivity index (χ4v) is 3.81. The summed E-state index contributed by atoms with van der Waals surface area (Å²) in [4.78, 5) is 38.2. The Morgan fingerprint density at radius 1 is 1.19 bits per heavy atom. The van der Waals surface area contributed by atoms with Crippen LogP contribution in [0.25, 0.3) is 6.08 Å². The number of hydrogen-bond donors (Lipinski definition) is 1. The first kappa shape index (κ1) is 18.7. The van der Waals surface area contributed by atoms with Gasteiger partial charge < -0.3 is 5.32 Å². The second-order valence-electron chi connectivity index (χ2n) is 5.71. The molecule has 1 saturated heterocycles. The van der Waals surface area contributed by atoms with E-state index in [0.717, 1.165) is 31.4 Å². The molecule has 26 heavy (non-hydrogen) atoms. The van der Waals surface area contributed by atoms with Crippen molar-refractivity contribution in [3.63, 3.8) is 0 Å². The largest absolute Gasteiger partial charge is 0.325 e. The van der Waals surface area contributed by atoms with E-state index in [1.165, 1.54) is 0 Å². The zero-order valence-corrected chi connectivity index (χ0v) is 16.8. The highest BCUT2D eigenvalue weighted by atomic mass is 127. The van der Waals surface area contributed by atoms with Crippen molar-refractivity contribution in [3.05, 3.63) is 68.1 Å². The number of benzene rings is 2. The van der Waals surface area contributed by atoms with Gasteiger partial charge >= 0.3 is 0 Å². The normalized spacial score (nSPS) is 15.6. The first-order valence-electron chi connectivity index (χ1n) is 7.80. The number of halogens is 1. The summed E-state index contributed by atoms with van der Waals surface area (Å²) in [6, 6.07) is 14.9. The zero-order chi connectivity index (χ0) is 18.7. The van der Waals surface area contributed by atoms with E-state index in [4.69, 9.17) is 0 Å². The summed E-state index contributed by atoms with van der Waals surface area (Å²) in [5.74, 6) is -0.854. The van der Waals surface area contributed by atoms with Crippen molar-refractivity contribution in [2.24, 2.45) is 0 Å². The molecular formula is C19H15IN2O3S. The van der Waals surface area contributed by atoms with E-state index in [1.54, 1.807) is 12.1 Å². The Hall–Kier alpha value is -2.13. The van der Waals surface area contributed by atoms with Gasteiger partial charge in [0.1, 0.15) is 6.54 Å². The number of amides is 3. The molecule has 1 N–H and O–H groups in total. The SMILES string of the molecule is Cc1cccc(NC(=O)CN2C(=O)S/C(=C\c3ccccc3I)C2=O)c1. The Bertz CT molecular complexity index is 927. The molecular weight excluding hydrogens is 463 g/mol. The zero-order valence-electron chi connectivity index (χ0n) is 13.9. The summed E-state index contributed by atoms with van der Waals surface area (Å²) < 4.78 is 0.981. The predicted octanol–water partition coefficient (Wildman–Crippen LogP) is 4.27. The Balaban J connectivity index is 1.71. The molecule has 0 unspecified atom stereocenters. The molecule has 0 aromatic heterocycles. The number of nitrogens with zero attached hydrogens (tertiary/aromatic N) is 1. The van der Waals surface area contributed by atoms with E-state index >= 15 is 0 Å². The molecule has 1 aliphatic rings. The lowest BCUT2D eigenvalue weighted by Crippen LogP contribution is -2.36. The fourth-order valence-electron chi connectivity index (χ4n) is 2.44. The van der Waals surface area contributed by atoms with Gasteiger partial charge in [0, 0.05) is 9.26 Å². The summed E-state index contributed by atoms with van der Waals surface area (Å²) in [5.41, 5.74) is 2.51. The molecule has 1 heterocycles. The van der Waals surface area contributed by atoms with Crippen LogP contribution in [0.15, 0.2) is 53.4 Å². The van der Waals surface area contributed by atoms with E-state index in [0.29, 0.717) is 10.6 Å². The van der Waals surface area contributed by atoms with Crippen LogP contribution in [0, 0.1) is 10.5 Å². The van der Waals surface area contributed by atoms with E-state index in [1.807, 2.05) is 49.4 Å². The predicted molar refractivity (Wildman–Crippen MR) is 112 cm³/mol. The number of thioether (sulfide) groups is 1. The van der Waals surface area contributed by atoms with Crippen LogP contribution in [0.4, 0.5) is 10.5 Å². The van der Waals surface area contributed by atoms with Crippen molar-refractivity contribution in [2.75, 3.05) is 11.9 Å². The van der Waals surface area contributed by atoms with Crippen LogP contribution >= 0.6 is 34.4 Å². The molecule has 3 rings (SSSR count). The first-order valence-corrected chi connectivity index (χ1v) is 9.70. The fraction of sp³-hybridized carbons (Fsp3) is 0.105. The lowest BCUT2D eigenvalue weighted by molar-refractivity contribution is -0.127. The van der Waals surface area contributed by atoms with Crippen LogP contribution in [-0.2, 0) is 9.59 Å². The average molecular weight is 478 g/mol. The lowest BCUT2D eigenvalue weighted by Gasteiger charge is -2.12. The van der Waals surface area contributed by atoms with Gasteiger partial charge in [-0.3, -0.25) is 19.3 Å². The summed E-state index contributed by atoms with van der Waals surface area (Å²) in [6.07, 6.45) is 1.69. The highest BCUT2D eigenvalue weighted by Gasteiger charge is 2.36. The lowest BCUT2D eigenvalue weighted by atomic mass is 10.2. The van der Waals surface area contributed by atoms with Gasteiger partial charge in [0.25, 0.3) is 11.1 Å². The van der Waals surface area contributed by atoms with E-state index in [9.17, 15) is 14.4 Å². The molecule has 0 bridgehead atoms. The second kappa shape index (κ2) is 8.05. The maximum atomic E-state index is 12.5. The van der Waals surface area contributed by atoms with Crippen LogP contribution in [0.5, 0.6) is 0 Å². The maximum Gasteiger partial charge on any atom is 0.294 e. The Morgan fingerprint density at radius 3 is 2.69 bits per heavy atom. The Labute approximate surface area is 169 Å². The number of hydrogen-bond acceptors (Lipinski definition) is 4. The minimum atomic E-state index is -0.445. The van der Waals surface area contributed by atoms with Crippen molar-refractivity contribution >= 4 is 63.2 Å². The monoisotopic (exact) mass is 478 g/mol. The standard InChI is InChI=1S/C19H15IN2O3S/c1-12-5-4-7-14(9-12)21-17(23)11-22-18(24)16(26-19(22)25)10-13-6-2-3-8-15(13)20/h2-10H,11H2,1H3,(H,21,23)/b16-10-. The molecule has 1 aliphatic heterocycles. The van der Waals surface area contributed by atoms with Crippen LogP contribution < -0.4 is 5.32 Å². The molecule has 3 amide bonds. The van der Waals surface area contributed by atoms with Gasteiger partial charge in [-0.05, 0) is 76.7 Å². The van der Waals surface area contributed by atoms with Gasteiger partial charge in [0.2, 0.25) is 5.91 Å². The number of rotatable bonds is 4. The van der Waals surface area contributed by atoms with Crippen molar-refractivity contribution < 1.29 is 14.4 Å². The van der Waals surface area contributed by atoms with Crippen LogP contribution in [-0.4, -0.2) is 28.5 Å². The molecule has 5 nitrogen and oxygen atoms in total. The molecule has 132 valence electrons. The Kier molecular flexibility index (Phi) is 5.77. The smallest absolute Gasteiger partial charge is 0.294 e. The minimum absolute atomic E-state index is 0.304. The molecule has 2 aromatic carbocycles. The third kappa shape index (κ3) is 4.34. The third-order valence-corrected chi connectivity index (χ3v) is 5.56. The highest BCUT2D eigenvalue weighted by molar-refractivity contribution is 14.1. The second-order valence-corrected chi connectivity index (χ2v) is 7.86. The van der Waals surface area contributed by atoms with Gasteiger partial charge in [-0.15, -0.1) is 0 Å². The molecule has 2 aromatic rings. The number of anilines is 1. The highest BCUT2D eigenvalue weighted by Crippen LogP contribution is 2.32. The van der Waals surface area contributed by atoms with Gasteiger partial charge in [-0.25, -0.2) is 0 Å². The summed E-state index contributed by atoms with van der Waals surface area (Å²) in [5, 5.41) is 2.27. The topological polar surface area (TPSA) is 66.5 Å². The molecule has 1 fully saturated rings. The number of carbonyl (C=O) groups is 3. The maximum absolute atomic E-state index is 12.5. The number of imide groups is 1. The van der Waals surface area contributed by atoms with Gasteiger partial charge in [0.05, 0.1) is 4.91 Å². The quantitative estimate of drug-likeness (QED) is 0.527. The van der Waals surface area contributed by atoms with Crippen molar-refractivity contribution in [1.29, 1.82) is 0 Å². The van der Waals surface area contributed by atoms with Crippen molar-refractivity contribution in [1.82, 2.24) is 4.90 Å². The molecule has 0 radical (unpaired) electrons. The third-order valence-electron chi connectivity index (χ3n) is 3.67. The van der Waals surface area contributed by atoms with Gasteiger partial charge in [0.15, 0.2) is 0 Å². The molecule has 0 aliphatic carbocycles. The van der Waals surface area contributed by atoms with Crippen LogP contribution in [0.2, 0.25) is 0 Å².